The molecule has 162 valence electrons. The summed E-state index contributed by atoms with van der Waals surface area (Å²) >= 11 is 0. The van der Waals surface area contributed by atoms with E-state index in [9.17, 15) is 22.0 Å². The number of cyclic esters (lactones) is 1. The van der Waals surface area contributed by atoms with Crippen LogP contribution in [0, 0.1) is 23.0 Å². The maximum absolute atomic E-state index is 14.7. The highest BCUT2D eigenvalue weighted by atomic mass is 32.2. The summed E-state index contributed by atoms with van der Waals surface area (Å²) in [7, 11) is -3.23. The Balaban J connectivity index is 1.51. The van der Waals surface area contributed by atoms with E-state index >= 15 is 0 Å². The van der Waals surface area contributed by atoms with Gasteiger partial charge >= 0.3 is 6.09 Å². The van der Waals surface area contributed by atoms with Gasteiger partial charge in [0.05, 0.1) is 36.2 Å². The molecule has 10 nitrogen and oxygen atoms in total. The van der Waals surface area contributed by atoms with Crippen LogP contribution < -0.4 is 4.90 Å². The van der Waals surface area contributed by atoms with E-state index in [4.69, 9.17) is 10.00 Å². The number of hydrogen-bond donors (Lipinski definition) is 0. The first-order chi connectivity index (χ1) is 14.8. The molecule has 0 radical (unpaired) electrons. The number of sulfone groups is 1. The van der Waals surface area contributed by atoms with Crippen molar-refractivity contribution in [3.8, 4) is 6.07 Å². The molecular weight excluding hydrogens is 434 g/mol. The molecule has 2 aromatic rings. The molecule has 3 heterocycles. The number of amides is 1. The number of carbonyl (C=O) groups is 1. The molecule has 0 N–H and O–H groups in total. The number of benzene rings is 1. The number of halogens is 2. The first-order valence-electron chi connectivity index (χ1n) is 9.26. The third kappa shape index (κ3) is 4.38. The number of hydrogen-bond acceptors (Lipinski definition) is 8. The Bertz CT molecular complexity index is 1200. The van der Waals surface area contributed by atoms with E-state index in [0.717, 1.165) is 17.0 Å². The molecule has 0 unspecified atom stereocenters. The molecule has 1 aromatic carbocycles. The highest BCUT2D eigenvalue weighted by Gasteiger charge is 2.34. The van der Waals surface area contributed by atoms with Crippen molar-refractivity contribution in [2.24, 2.45) is 0 Å². The fourth-order valence-electron chi connectivity index (χ4n) is 3.43. The SMILES string of the molecule is N#CCc1nnn(C[C@H]2CN(c3cc(F)c(C4=CCS(=O)(=O)CC4)c(F)c3)C(=O)O2)n1. The van der Waals surface area contributed by atoms with Crippen LogP contribution in [0.5, 0.6) is 0 Å². The van der Waals surface area contributed by atoms with Crippen LogP contribution in [0.3, 0.4) is 0 Å². The molecule has 0 bridgehead atoms. The van der Waals surface area contributed by atoms with E-state index in [2.05, 4.69) is 15.4 Å². The maximum atomic E-state index is 14.7. The Hall–Kier alpha value is -3.40. The second kappa shape index (κ2) is 8.03. The highest BCUT2D eigenvalue weighted by Crippen LogP contribution is 2.32. The van der Waals surface area contributed by atoms with Crippen molar-refractivity contribution < 1.29 is 26.7 Å². The third-order valence-corrected chi connectivity index (χ3v) is 6.40. The summed E-state index contributed by atoms with van der Waals surface area (Å²) in [5, 5.41) is 20.1. The van der Waals surface area contributed by atoms with Gasteiger partial charge in [-0.3, -0.25) is 4.90 Å². The monoisotopic (exact) mass is 450 g/mol. The van der Waals surface area contributed by atoms with E-state index in [-0.39, 0.29) is 60.1 Å². The lowest BCUT2D eigenvalue weighted by Gasteiger charge is -2.18. The van der Waals surface area contributed by atoms with E-state index < -0.39 is 33.7 Å². The minimum atomic E-state index is -3.23. The van der Waals surface area contributed by atoms with Gasteiger partial charge in [-0.2, -0.15) is 10.1 Å². The van der Waals surface area contributed by atoms with Gasteiger partial charge in [-0.05, 0) is 29.3 Å². The number of ether oxygens (including phenoxy) is 1. The number of allylic oxidation sites excluding steroid dienone is 1. The summed E-state index contributed by atoms with van der Waals surface area (Å²) in [6, 6.07) is 3.93. The van der Waals surface area contributed by atoms with Crippen LogP contribution in [0.1, 0.15) is 17.8 Å². The molecule has 1 amide bonds. The second-order valence-corrected chi connectivity index (χ2v) is 9.32. The number of anilines is 1. The van der Waals surface area contributed by atoms with Crippen LogP contribution in [-0.2, 0) is 27.5 Å². The van der Waals surface area contributed by atoms with E-state index in [1.165, 1.54) is 10.9 Å². The molecule has 31 heavy (non-hydrogen) atoms. The Kier molecular flexibility index (Phi) is 5.40. The number of aromatic nitrogens is 4. The van der Waals surface area contributed by atoms with Crippen molar-refractivity contribution in [2.75, 3.05) is 23.0 Å². The Morgan fingerprint density at radius 3 is 2.68 bits per heavy atom. The topological polar surface area (TPSA) is 131 Å². The number of nitrogens with zero attached hydrogens (tertiary/aromatic N) is 6. The lowest BCUT2D eigenvalue weighted by Crippen LogP contribution is -2.27. The van der Waals surface area contributed by atoms with Crippen LogP contribution in [0.25, 0.3) is 5.57 Å². The van der Waals surface area contributed by atoms with Crippen molar-refractivity contribution in [3.05, 3.63) is 41.2 Å². The zero-order valence-corrected chi connectivity index (χ0v) is 16.8. The summed E-state index contributed by atoms with van der Waals surface area (Å²) in [6.45, 7) is 0.0677. The fraction of sp³-hybridized carbons (Fsp3) is 0.389. The largest absolute Gasteiger partial charge is 0.442 e. The lowest BCUT2D eigenvalue weighted by atomic mass is 10.0. The van der Waals surface area contributed by atoms with Gasteiger partial charge in [0.15, 0.2) is 15.7 Å². The summed E-state index contributed by atoms with van der Waals surface area (Å²) in [5.41, 5.74) is -0.0321. The number of nitriles is 1. The Morgan fingerprint density at radius 1 is 1.29 bits per heavy atom. The lowest BCUT2D eigenvalue weighted by molar-refractivity contribution is 0.126. The smallest absolute Gasteiger partial charge is 0.414 e. The summed E-state index contributed by atoms with van der Waals surface area (Å²) < 4.78 is 57.7. The van der Waals surface area contributed by atoms with Crippen LogP contribution in [0.4, 0.5) is 19.3 Å². The van der Waals surface area contributed by atoms with Gasteiger partial charge in [0, 0.05) is 5.56 Å². The molecule has 1 aromatic heterocycles. The molecule has 1 saturated heterocycles. The molecule has 2 aliphatic rings. The molecule has 2 aliphatic heterocycles. The van der Waals surface area contributed by atoms with E-state index in [1.807, 2.05) is 6.07 Å². The minimum Gasteiger partial charge on any atom is -0.442 e. The number of tetrazole rings is 1. The van der Waals surface area contributed by atoms with Gasteiger partial charge in [-0.1, -0.05) is 6.08 Å². The van der Waals surface area contributed by atoms with Gasteiger partial charge in [0.1, 0.15) is 24.3 Å². The predicted molar refractivity (Wildman–Crippen MR) is 102 cm³/mol. The van der Waals surface area contributed by atoms with Crippen LogP contribution in [0.15, 0.2) is 18.2 Å². The Labute approximate surface area is 175 Å². The van der Waals surface area contributed by atoms with Gasteiger partial charge in [0.2, 0.25) is 0 Å². The highest BCUT2D eigenvalue weighted by molar-refractivity contribution is 7.91. The van der Waals surface area contributed by atoms with Crippen molar-refractivity contribution in [1.82, 2.24) is 20.2 Å². The molecule has 13 heteroatoms. The van der Waals surface area contributed by atoms with Crippen molar-refractivity contribution >= 4 is 27.2 Å². The quantitative estimate of drug-likeness (QED) is 0.665. The summed E-state index contributed by atoms with van der Waals surface area (Å²) in [5.74, 6) is -2.00. The Morgan fingerprint density at radius 2 is 2.03 bits per heavy atom. The van der Waals surface area contributed by atoms with Crippen LogP contribution >= 0.6 is 0 Å². The zero-order valence-electron chi connectivity index (χ0n) is 16.0. The molecule has 1 fully saturated rings. The minimum absolute atomic E-state index is 0.00707. The molecule has 0 saturated carbocycles. The average Bonchev–Trinajstić information content (AvgIpc) is 3.29. The normalized spacial score (nSPS) is 20.3. The fourth-order valence-corrected chi connectivity index (χ4v) is 4.59. The number of carbonyl (C=O) groups excluding carboxylic acids is 1. The van der Waals surface area contributed by atoms with Crippen molar-refractivity contribution in [1.29, 1.82) is 5.26 Å². The van der Waals surface area contributed by atoms with Crippen LogP contribution in [-0.4, -0.2) is 58.9 Å². The van der Waals surface area contributed by atoms with Gasteiger partial charge in [-0.15, -0.1) is 10.2 Å². The standard InChI is InChI=1S/C18H16F2N6O4S/c19-14-7-12(8-15(20)17(14)11-2-5-31(28,29)6-3-11)25-9-13(30-18(25)27)10-26-23-16(1-4-21)22-24-26/h2,7-8,13H,1,3,5-6,9-10H2/t13-/m1/s1. The molecule has 4 rings (SSSR count). The van der Waals surface area contributed by atoms with Gasteiger partial charge in [-0.25, -0.2) is 22.0 Å². The predicted octanol–water partition coefficient (Wildman–Crippen LogP) is 1.24. The maximum Gasteiger partial charge on any atom is 0.414 e. The number of rotatable bonds is 5. The summed E-state index contributed by atoms with van der Waals surface area (Å²) in [4.78, 5) is 14.5. The summed E-state index contributed by atoms with van der Waals surface area (Å²) in [6.07, 6.45) is -0.150. The third-order valence-electron chi connectivity index (χ3n) is 4.90. The molecular formula is C18H16F2N6O4S. The van der Waals surface area contributed by atoms with E-state index in [0.29, 0.717) is 0 Å². The van der Waals surface area contributed by atoms with Crippen LogP contribution in [0.2, 0.25) is 0 Å². The van der Waals surface area contributed by atoms with Gasteiger partial charge in [0.25, 0.3) is 0 Å². The first kappa shape index (κ1) is 20.9. The van der Waals surface area contributed by atoms with Crippen molar-refractivity contribution in [3.63, 3.8) is 0 Å². The van der Waals surface area contributed by atoms with E-state index in [1.54, 1.807) is 0 Å². The van der Waals surface area contributed by atoms with Gasteiger partial charge < -0.3 is 4.74 Å². The molecule has 0 spiro atoms. The first-order valence-corrected chi connectivity index (χ1v) is 11.1. The molecule has 0 aliphatic carbocycles. The zero-order chi connectivity index (χ0) is 22.2. The second-order valence-electron chi connectivity index (χ2n) is 7.09. The molecule has 1 atom stereocenters. The van der Waals surface area contributed by atoms with Crippen molar-refractivity contribution in [2.45, 2.75) is 25.5 Å². The average molecular weight is 450 g/mol.